The van der Waals surface area contributed by atoms with E-state index in [1.165, 1.54) is 0 Å². The first-order valence-electron chi connectivity index (χ1n) is 5.52. The molecule has 1 unspecified atom stereocenters. The van der Waals surface area contributed by atoms with Crippen molar-refractivity contribution >= 4 is 5.91 Å². The van der Waals surface area contributed by atoms with Crippen LogP contribution in [0.3, 0.4) is 0 Å². The molecule has 14 heavy (non-hydrogen) atoms. The molecule has 1 aliphatic rings. The fourth-order valence-corrected chi connectivity index (χ4v) is 1.87. The van der Waals surface area contributed by atoms with Crippen molar-refractivity contribution in [1.82, 2.24) is 9.80 Å². The third-order valence-electron chi connectivity index (χ3n) is 3.30. The average Bonchev–Trinajstić information content (AvgIpc) is 2.16. The summed E-state index contributed by atoms with van der Waals surface area (Å²) >= 11 is 0. The van der Waals surface area contributed by atoms with Crippen molar-refractivity contribution in [3.63, 3.8) is 0 Å². The summed E-state index contributed by atoms with van der Waals surface area (Å²) in [6, 6.07) is 0.629. The summed E-state index contributed by atoms with van der Waals surface area (Å²) in [4.78, 5) is 15.5. The zero-order chi connectivity index (χ0) is 10.7. The number of carbonyl (C=O) groups excluding carboxylic acids is 1. The van der Waals surface area contributed by atoms with E-state index in [0.29, 0.717) is 12.0 Å². The summed E-state index contributed by atoms with van der Waals surface area (Å²) in [6.07, 6.45) is 0. The van der Waals surface area contributed by atoms with Crippen molar-refractivity contribution in [3.05, 3.63) is 0 Å². The van der Waals surface area contributed by atoms with Crippen molar-refractivity contribution in [2.75, 3.05) is 26.2 Å². The van der Waals surface area contributed by atoms with Gasteiger partial charge in [0.1, 0.15) is 0 Å². The molecule has 0 spiro atoms. The van der Waals surface area contributed by atoms with Crippen LogP contribution in [0.15, 0.2) is 0 Å². The van der Waals surface area contributed by atoms with Crippen molar-refractivity contribution in [1.29, 1.82) is 0 Å². The van der Waals surface area contributed by atoms with Crippen molar-refractivity contribution in [3.8, 4) is 0 Å². The second-order valence-electron chi connectivity index (χ2n) is 4.53. The second kappa shape index (κ2) is 4.78. The van der Waals surface area contributed by atoms with E-state index in [-0.39, 0.29) is 5.91 Å². The SMILES string of the molecule is CC(=O)N1CCN(C(C)C(C)C)CC1. The quantitative estimate of drug-likeness (QED) is 0.665. The summed E-state index contributed by atoms with van der Waals surface area (Å²) in [7, 11) is 0. The number of rotatable bonds is 2. The fraction of sp³-hybridized carbons (Fsp3) is 0.909. The predicted octanol–water partition coefficient (Wildman–Crippen LogP) is 1.19. The Hall–Kier alpha value is -0.570. The fourth-order valence-electron chi connectivity index (χ4n) is 1.87. The lowest BCUT2D eigenvalue weighted by atomic mass is 10.0. The van der Waals surface area contributed by atoms with Crippen LogP contribution < -0.4 is 0 Å². The van der Waals surface area contributed by atoms with Gasteiger partial charge in [0.15, 0.2) is 0 Å². The van der Waals surface area contributed by atoms with Gasteiger partial charge in [-0.05, 0) is 12.8 Å². The number of piperazine rings is 1. The Bertz CT molecular complexity index is 195. The van der Waals surface area contributed by atoms with Crippen LogP contribution >= 0.6 is 0 Å². The molecule has 1 amide bonds. The largest absolute Gasteiger partial charge is 0.340 e. The molecule has 1 rings (SSSR count). The highest BCUT2D eigenvalue weighted by molar-refractivity contribution is 5.73. The molecular weight excluding hydrogens is 176 g/mol. The smallest absolute Gasteiger partial charge is 0.219 e. The molecule has 0 aromatic heterocycles. The van der Waals surface area contributed by atoms with Crippen LogP contribution in [0.2, 0.25) is 0 Å². The highest BCUT2D eigenvalue weighted by atomic mass is 16.2. The molecule has 0 saturated carbocycles. The van der Waals surface area contributed by atoms with Gasteiger partial charge in [0.25, 0.3) is 0 Å². The maximum Gasteiger partial charge on any atom is 0.219 e. The van der Waals surface area contributed by atoms with Crippen LogP contribution in [0.4, 0.5) is 0 Å². The van der Waals surface area contributed by atoms with E-state index in [1.54, 1.807) is 6.92 Å². The third-order valence-corrected chi connectivity index (χ3v) is 3.30. The molecule has 0 radical (unpaired) electrons. The number of nitrogens with zero attached hydrogens (tertiary/aromatic N) is 2. The molecule has 0 aliphatic carbocycles. The van der Waals surface area contributed by atoms with Crippen LogP contribution in [0.5, 0.6) is 0 Å². The van der Waals surface area contributed by atoms with E-state index in [2.05, 4.69) is 25.7 Å². The Morgan fingerprint density at radius 2 is 1.57 bits per heavy atom. The van der Waals surface area contributed by atoms with E-state index < -0.39 is 0 Å². The van der Waals surface area contributed by atoms with Crippen molar-refractivity contribution in [2.45, 2.75) is 33.7 Å². The molecular formula is C11H22N2O. The van der Waals surface area contributed by atoms with Crippen LogP contribution in [0, 0.1) is 5.92 Å². The second-order valence-corrected chi connectivity index (χ2v) is 4.53. The minimum atomic E-state index is 0.210. The molecule has 1 atom stereocenters. The zero-order valence-electron chi connectivity index (χ0n) is 9.79. The normalized spacial score (nSPS) is 21.4. The van der Waals surface area contributed by atoms with Gasteiger partial charge in [-0.2, -0.15) is 0 Å². The molecule has 3 heteroatoms. The Labute approximate surface area is 87.1 Å². The maximum absolute atomic E-state index is 11.1. The molecule has 1 aliphatic heterocycles. The van der Waals surface area contributed by atoms with Crippen molar-refractivity contribution in [2.24, 2.45) is 5.92 Å². The minimum Gasteiger partial charge on any atom is -0.340 e. The Kier molecular flexibility index (Phi) is 3.93. The molecule has 1 fully saturated rings. The monoisotopic (exact) mass is 198 g/mol. The lowest BCUT2D eigenvalue weighted by Crippen LogP contribution is -2.51. The van der Waals surface area contributed by atoms with E-state index in [1.807, 2.05) is 4.90 Å². The van der Waals surface area contributed by atoms with E-state index in [4.69, 9.17) is 0 Å². The summed E-state index contributed by atoms with van der Waals surface area (Å²) in [5.74, 6) is 0.903. The van der Waals surface area contributed by atoms with Crippen LogP contribution in [0.1, 0.15) is 27.7 Å². The Morgan fingerprint density at radius 1 is 1.07 bits per heavy atom. The first-order valence-corrected chi connectivity index (χ1v) is 5.52. The highest BCUT2D eigenvalue weighted by Gasteiger charge is 2.23. The van der Waals surface area contributed by atoms with Gasteiger partial charge in [0.05, 0.1) is 0 Å². The van der Waals surface area contributed by atoms with Gasteiger partial charge in [-0.15, -0.1) is 0 Å². The van der Waals surface area contributed by atoms with Gasteiger partial charge in [-0.25, -0.2) is 0 Å². The van der Waals surface area contributed by atoms with E-state index >= 15 is 0 Å². The number of amides is 1. The third kappa shape index (κ3) is 2.71. The van der Waals surface area contributed by atoms with Crippen LogP contribution in [-0.2, 0) is 4.79 Å². The Balaban J connectivity index is 2.39. The minimum absolute atomic E-state index is 0.210. The van der Waals surface area contributed by atoms with Gasteiger partial charge in [-0.3, -0.25) is 9.69 Å². The molecule has 1 saturated heterocycles. The molecule has 3 nitrogen and oxygen atoms in total. The number of hydrogen-bond acceptors (Lipinski definition) is 2. The number of carbonyl (C=O) groups is 1. The Morgan fingerprint density at radius 3 is 1.93 bits per heavy atom. The maximum atomic E-state index is 11.1. The van der Waals surface area contributed by atoms with E-state index in [0.717, 1.165) is 26.2 Å². The molecule has 0 aromatic carbocycles. The zero-order valence-corrected chi connectivity index (χ0v) is 9.79. The van der Waals surface area contributed by atoms with Crippen LogP contribution in [-0.4, -0.2) is 47.9 Å². The predicted molar refractivity (Wildman–Crippen MR) is 58.1 cm³/mol. The highest BCUT2D eigenvalue weighted by Crippen LogP contribution is 2.12. The first-order chi connectivity index (χ1) is 6.52. The number of hydrogen-bond donors (Lipinski definition) is 0. The average molecular weight is 198 g/mol. The molecule has 0 N–H and O–H groups in total. The molecule has 0 aromatic rings. The summed E-state index contributed by atoms with van der Waals surface area (Å²) < 4.78 is 0. The topological polar surface area (TPSA) is 23.6 Å². The standard InChI is InChI=1S/C11H22N2O/c1-9(2)10(3)12-5-7-13(8-6-12)11(4)14/h9-10H,5-8H2,1-4H3. The van der Waals surface area contributed by atoms with Crippen molar-refractivity contribution < 1.29 is 4.79 Å². The lowest BCUT2D eigenvalue weighted by molar-refractivity contribution is -0.130. The van der Waals surface area contributed by atoms with Crippen LogP contribution in [0.25, 0.3) is 0 Å². The van der Waals surface area contributed by atoms with Gasteiger partial charge >= 0.3 is 0 Å². The molecule has 0 bridgehead atoms. The van der Waals surface area contributed by atoms with Gasteiger partial charge < -0.3 is 4.90 Å². The lowest BCUT2D eigenvalue weighted by Gasteiger charge is -2.39. The molecule has 82 valence electrons. The summed E-state index contributed by atoms with van der Waals surface area (Å²) in [5.41, 5.74) is 0. The van der Waals surface area contributed by atoms with Gasteiger partial charge in [0.2, 0.25) is 5.91 Å². The molecule has 1 heterocycles. The first kappa shape index (κ1) is 11.5. The van der Waals surface area contributed by atoms with Gasteiger partial charge in [-0.1, -0.05) is 13.8 Å². The summed E-state index contributed by atoms with van der Waals surface area (Å²) in [6.45, 7) is 12.3. The van der Waals surface area contributed by atoms with Gasteiger partial charge in [0, 0.05) is 39.1 Å². The summed E-state index contributed by atoms with van der Waals surface area (Å²) in [5, 5.41) is 0. The van der Waals surface area contributed by atoms with E-state index in [9.17, 15) is 4.79 Å².